The minimum absolute atomic E-state index is 0.226. The molecule has 0 atom stereocenters. The van der Waals surface area contributed by atoms with Gasteiger partial charge in [0.25, 0.3) is 0 Å². The molecule has 0 aromatic carbocycles. The fourth-order valence-electron chi connectivity index (χ4n) is 0.946. The number of hydrogen-bond donors (Lipinski definition) is 2. The highest BCUT2D eigenvalue weighted by Crippen LogP contribution is 1.95. The van der Waals surface area contributed by atoms with Crippen molar-refractivity contribution >= 4 is 6.03 Å². The molecule has 0 unspecified atom stereocenters. The van der Waals surface area contributed by atoms with Crippen molar-refractivity contribution in [3.63, 3.8) is 0 Å². The summed E-state index contributed by atoms with van der Waals surface area (Å²) in [5.41, 5.74) is 0. The van der Waals surface area contributed by atoms with E-state index in [1.807, 2.05) is 0 Å². The topological polar surface area (TPSA) is 61.8 Å². The fourth-order valence-corrected chi connectivity index (χ4v) is 0.946. The highest BCUT2D eigenvalue weighted by atomic mass is 16.5. The summed E-state index contributed by atoms with van der Waals surface area (Å²) < 4.78 is 5.04. The molecular formula is C6H12N2O3. The van der Waals surface area contributed by atoms with E-state index >= 15 is 0 Å². The number of ether oxygens (including phenoxy) is 1. The van der Waals surface area contributed by atoms with E-state index in [0.29, 0.717) is 26.3 Å². The summed E-state index contributed by atoms with van der Waals surface area (Å²) in [7, 11) is 0. The molecule has 1 heterocycles. The number of aliphatic hydroxyl groups is 1. The molecule has 5 nitrogen and oxygen atoms in total. The van der Waals surface area contributed by atoms with Gasteiger partial charge in [-0.3, -0.25) is 0 Å². The van der Waals surface area contributed by atoms with E-state index in [1.165, 1.54) is 0 Å². The molecule has 2 N–H and O–H groups in total. The lowest BCUT2D eigenvalue weighted by atomic mass is 10.4. The van der Waals surface area contributed by atoms with Crippen LogP contribution >= 0.6 is 0 Å². The lowest BCUT2D eigenvalue weighted by Gasteiger charge is -2.26. The molecule has 0 aromatic rings. The number of aliphatic hydroxyl groups excluding tert-OH is 1. The van der Waals surface area contributed by atoms with Crippen molar-refractivity contribution < 1.29 is 14.6 Å². The first-order chi connectivity index (χ1) is 5.34. The second-order valence-electron chi connectivity index (χ2n) is 2.24. The van der Waals surface area contributed by atoms with Gasteiger partial charge in [-0.2, -0.15) is 0 Å². The molecule has 1 fully saturated rings. The minimum atomic E-state index is -0.309. The first-order valence-corrected chi connectivity index (χ1v) is 3.56. The monoisotopic (exact) mass is 160 g/mol. The second-order valence-corrected chi connectivity index (χ2v) is 2.24. The molecular weight excluding hydrogens is 148 g/mol. The molecule has 11 heavy (non-hydrogen) atoms. The number of urea groups is 1. The van der Waals surface area contributed by atoms with E-state index in [0.717, 1.165) is 0 Å². The Labute approximate surface area is 64.9 Å². The number of nitrogens with zero attached hydrogens (tertiary/aromatic N) is 1. The largest absolute Gasteiger partial charge is 0.378 e. The van der Waals surface area contributed by atoms with Gasteiger partial charge in [0.05, 0.1) is 13.2 Å². The fraction of sp³-hybridized carbons (Fsp3) is 0.833. The minimum Gasteiger partial charge on any atom is -0.378 e. The Hall–Kier alpha value is -0.810. The third-order valence-corrected chi connectivity index (χ3v) is 1.53. The molecule has 1 rings (SSSR count). The van der Waals surface area contributed by atoms with Gasteiger partial charge in [-0.15, -0.1) is 0 Å². The van der Waals surface area contributed by atoms with Crippen molar-refractivity contribution in [2.24, 2.45) is 0 Å². The lowest BCUT2D eigenvalue weighted by Crippen LogP contribution is -2.46. The summed E-state index contributed by atoms with van der Waals surface area (Å²) in [4.78, 5) is 12.6. The van der Waals surface area contributed by atoms with Gasteiger partial charge in [-0.1, -0.05) is 0 Å². The van der Waals surface area contributed by atoms with Gasteiger partial charge < -0.3 is 20.1 Å². The molecule has 2 amide bonds. The van der Waals surface area contributed by atoms with Gasteiger partial charge >= 0.3 is 6.03 Å². The maximum Gasteiger partial charge on any atom is 0.319 e. The molecule has 64 valence electrons. The SMILES string of the molecule is O=C(NCO)N1CCOCC1. The van der Waals surface area contributed by atoms with E-state index in [-0.39, 0.29) is 12.8 Å². The summed E-state index contributed by atoms with van der Waals surface area (Å²) in [5, 5.41) is 10.7. The van der Waals surface area contributed by atoms with Crippen LogP contribution in [0.5, 0.6) is 0 Å². The molecule has 0 spiro atoms. The second kappa shape index (κ2) is 4.15. The van der Waals surface area contributed by atoms with Gasteiger partial charge in [0.15, 0.2) is 0 Å². The Morgan fingerprint density at radius 2 is 2.18 bits per heavy atom. The maximum absolute atomic E-state index is 11.0. The molecule has 1 aliphatic rings. The number of hydrogen-bond acceptors (Lipinski definition) is 3. The van der Waals surface area contributed by atoms with Crippen molar-refractivity contribution in [3.05, 3.63) is 0 Å². The lowest BCUT2D eigenvalue weighted by molar-refractivity contribution is 0.0515. The van der Waals surface area contributed by atoms with Gasteiger partial charge in [0.2, 0.25) is 0 Å². The van der Waals surface area contributed by atoms with Gasteiger partial charge in [0, 0.05) is 13.1 Å². The summed E-state index contributed by atoms with van der Waals surface area (Å²) >= 11 is 0. The number of carbonyl (C=O) groups excluding carboxylic acids is 1. The highest BCUT2D eigenvalue weighted by Gasteiger charge is 2.15. The average Bonchev–Trinajstić information content (AvgIpc) is 2.07. The van der Waals surface area contributed by atoms with Gasteiger partial charge in [-0.25, -0.2) is 4.79 Å². The third kappa shape index (κ3) is 2.36. The Bertz CT molecular complexity index is 134. The smallest absolute Gasteiger partial charge is 0.319 e. The normalized spacial score (nSPS) is 18.1. The molecule has 0 aliphatic carbocycles. The van der Waals surface area contributed by atoms with Crippen molar-refractivity contribution in [3.8, 4) is 0 Å². The van der Waals surface area contributed by atoms with Crippen LogP contribution in [-0.2, 0) is 4.74 Å². The number of morpholine rings is 1. The zero-order valence-electron chi connectivity index (χ0n) is 6.25. The summed E-state index contributed by atoms with van der Waals surface area (Å²) in [6.45, 7) is 2.06. The standard InChI is InChI=1S/C6H12N2O3/c9-5-7-6(10)8-1-3-11-4-2-8/h9H,1-5H2,(H,7,10). The van der Waals surface area contributed by atoms with Crippen LogP contribution in [0, 0.1) is 0 Å². The van der Waals surface area contributed by atoms with Crippen molar-refractivity contribution in [2.75, 3.05) is 33.0 Å². The van der Waals surface area contributed by atoms with Gasteiger partial charge in [-0.05, 0) is 0 Å². The van der Waals surface area contributed by atoms with E-state index in [2.05, 4.69) is 5.32 Å². The Morgan fingerprint density at radius 3 is 2.73 bits per heavy atom. The number of amides is 2. The van der Waals surface area contributed by atoms with Crippen molar-refractivity contribution in [2.45, 2.75) is 0 Å². The number of carbonyl (C=O) groups is 1. The van der Waals surface area contributed by atoms with Gasteiger partial charge in [0.1, 0.15) is 6.73 Å². The molecule has 0 saturated carbocycles. The van der Waals surface area contributed by atoms with Crippen LogP contribution in [-0.4, -0.2) is 49.1 Å². The summed E-state index contributed by atoms with van der Waals surface area (Å²) in [6, 6.07) is -0.226. The summed E-state index contributed by atoms with van der Waals surface area (Å²) in [5.74, 6) is 0. The predicted octanol–water partition coefficient (Wildman–Crippen LogP) is -1.02. The van der Waals surface area contributed by atoms with E-state index in [4.69, 9.17) is 9.84 Å². The van der Waals surface area contributed by atoms with Crippen molar-refractivity contribution in [1.82, 2.24) is 10.2 Å². The molecule has 0 aromatic heterocycles. The quantitative estimate of drug-likeness (QED) is 0.482. The van der Waals surface area contributed by atoms with Crippen LogP contribution in [0.3, 0.4) is 0 Å². The Morgan fingerprint density at radius 1 is 1.55 bits per heavy atom. The number of rotatable bonds is 1. The zero-order chi connectivity index (χ0) is 8.10. The van der Waals surface area contributed by atoms with Crippen LogP contribution in [0.2, 0.25) is 0 Å². The van der Waals surface area contributed by atoms with Crippen LogP contribution in [0.15, 0.2) is 0 Å². The summed E-state index contributed by atoms with van der Waals surface area (Å²) in [6.07, 6.45) is 0. The average molecular weight is 160 g/mol. The zero-order valence-corrected chi connectivity index (χ0v) is 6.25. The van der Waals surface area contributed by atoms with E-state index < -0.39 is 0 Å². The first kappa shape index (κ1) is 8.29. The third-order valence-electron chi connectivity index (χ3n) is 1.53. The maximum atomic E-state index is 11.0. The molecule has 0 radical (unpaired) electrons. The predicted molar refractivity (Wildman–Crippen MR) is 38.0 cm³/mol. The van der Waals surface area contributed by atoms with E-state index in [9.17, 15) is 4.79 Å². The van der Waals surface area contributed by atoms with Crippen LogP contribution in [0.25, 0.3) is 0 Å². The molecule has 0 bridgehead atoms. The molecule has 1 saturated heterocycles. The van der Waals surface area contributed by atoms with Crippen LogP contribution < -0.4 is 5.32 Å². The first-order valence-electron chi connectivity index (χ1n) is 3.56. The van der Waals surface area contributed by atoms with E-state index in [1.54, 1.807) is 4.90 Å². The Kier molecular flexibility index (Phi) is 3.13. The van der Waals surface area contributed by atoms with Crippen LogP contribution in [0.4, 0.5) is 4.79 Å². The van der Waals surface area contributed by atoms with Crippen LogP contribution in [0.1, 0.15) is 0 Å². The number of nitrogens with one attached hydrogen (secondary N) is 1. The highest BCUT2D eigenvalue weighted by molar-refractivity contribution is 5.74. The molecule has 1 aliphatic heterocycles. The van der Waals surface area contributed by atoms with Crippen molar-refractivity contribution in [1.29, 1.82) is 0 Å². The Balaban J connectivity index is 2.27. The molecule has 5 heteroatoms.